The van der Waals surface area contributed by atoms with E-state index in [0.29, 0.717) is 55.4 Å². The molecule has 2 saturated carbocycles. The Labute approximate surface area is 298 Å². The number of amides is 2. The van der Waals surface area contributed by atoms with Crippen LogP contribution in [0.2, 0.25) is 5.02 Å². The van der Waals surface area contributed by atoms with E-state index in [1.807, 2.05) is 6.08 Å². The predicted octanol–water partition coefficient (Wildman–Crippen LogP) is 4.49. The number of hydrogen-bond donors (Lipinski definition) is 2. The number of carbonyl (C=O) groups is 2. The largest absolute Gasteiger partial charge is 0.504 e. The lowest BCUT2D eigenvalue weighted by atomic mass is 9.54. The molecule has 17 heteroatoms. The molecule has 0 radical (unpaired) electrons. The van der Waals surface area contributed by atoms with Crippen LogP contribution in [0, 0.1) is 18.8 Å². The van der Waals surface area contributed by atoms with E-state index in [4.69, 9.17) is 21.3 Å². The van der Waals surface area contributed by atoms with Gasteiger partial charge in [0.25, 0.3) is 11.5 Å². The third-order valence-corrected chi connectivity index (χ3v) is 12.0. The van der Waals surface area contributed by atoms with Crippen molar-refractivity contribution < 1.29 is 32.6 Å². The number of alkyl halides is 3. The molecule has 3 aromatic heterocycles. The second-order valence-electron chi connectivity index (χ2n) is 14.2. The number of fused-ring (bicyclic) bond motifs is 8. The average molecular weight is 737 g/mol. The fraction of sp³-hybridized carbons (Fsp3) is 0.457. The number of hydrogen-bond acceptors (Lipinski definition) is 9. The summed E-state index contributed by atoms with van der Waals surface area (Å²) in [6.07, 6.45) is 1.86. The summed E-state index contributed by atoms with van der Waals surface area (Å²) >= 11 is 6.18. The van der Waals surface area contributed by atoms with Gasteiger partial charge in [-0.15, -0.1) is 5.10 Å². The lowest BCUT2D eigenvalue weighted by molar-refractivity contribution is -0.137. The summed E-state index contributed by atoms with van der Waals surface area (Å²) in [5.74, 6) is -0.624. The number of halogens is 4. The first-order chi connectivity index (χ1) is 24.9. The maximum absolute atomic E-state index is 14.7. The van der Waals surface area contributed by atoms with Gasteiger partial charge >= 0.3 is 6.18 Å². The number of nitrogens with zero attached hydrogens (tertiary/aromatic N) is 7. The topological polar surface area (TPSA) is 157 Å². The number of aromatic hydroxyl groups is 1. The molecule has 4 aromatic rings. The third kappa shape index (κ3) is 4.82. The molecule has 0 bridgehead atoms. The second kappa shape index (κ2) is 11.6. The van der Waals surface area contributed by atoms with Crippen LogP contribution < -0.4 is 10.9 Å². The number of carbonyl (C=O) groups excluding carboxylic acids is 2. The van der Waals surface area contributed by atoms with Gasteiger partial charge in [-0.05, 0) is 74.6 Å². The Morgan fingerprint density at radius 1 is 1.19 bits per heavy atom. The van der Waals surface area contributed by atoms with E-state index >= 15 is 0 Å². The molecule has 2 N–H and O–H groups in total. The smallest absolute Gasteiger partial charge is 0.416 e. The third-order valence-electron chi connectivity index (χ3n) is 11.7. The lowest BCUT2D eigenvalue weighted by Crippen LogP contribution is -2.64. The standard InChI is InChI=1S/C35H32ClF3N8O5/c1-16-29(49)27(41-15-40-16)32(51)45-9-8-34(20-3-5-24(20)45)21-13-19(21)28-26(34)31(50)47-33(43-30(44-47)17-6-10-52-11-7-17)46(28)14-25(48)42-23-4-2-18(12-22(23)36)35(37,38)39/h2,4,6,12,15,19-21,24,49H,3,5,7-11,13-14H2,1H3,(H,42,48)/t19-,20+,21+,24-,34+/m1/s1. The maximum atomic E-state index is 14.7. The number of anilines is 1. The van der Waals surface area contributed by atoms with E-state index in [1.54, 1.807) is 16.4 Å². The Hall–Kier alpha value is -4.83. The van der Waals surface area contributed by atoms with Crippen molar-refractivity contribution in [3.05, 3.63) is 80.0 Å². The number of nitrogens with one attached hydrogen (secondary N) is 1. The van der Waals surface area contributed by atoms with E-state index in [-0.39, 0.29) is 69.7 Å². The monoisotopic (exact) mass is 736 g/mol. The first kappa shape index (κ1) is 33.0. The Bertz CT molecular complexity index is 2310. The average Bonchev–Trinajstić information content (AvgIpc) is 3.68. The molecule has 9 rings (SSSR count). The zero-order chi connectivity index (χ0) is 36.3. The molecular weight excluding hydrogens is 705 g/mol. The van der Waals surface area contributed by atoms with E-state index in [0.717, 1.165) is 43.0 Å². The first-order valence-corrected chi connectivity index (χ1v) is 17.6. The highest BCUT2D eigenvalue weighted by Crippen LogP contribution is 2.72. The van der Waals surface area contributed by atoms with Crippen molar-refractivity contribution in [1.29, 1.82) is 0 Å². The molecule has 1 spiro atoms. The van der Waals surface area contributed by atoms with Crippen LogP contribution in [0.5, 0.6) is 5.75 Å². The van der Waals surface area contributed by atoms with Crippen molar-refractivity contribution in [3.63, 3.8) is 0 Å². The van der Waals surface area contributed by atoms with Crippen LogP contribution in [0.4, 0.5) is 18.9 Å². The normalized spacial score (nSPS) is 26.0. The Morgan fingerprint density at radius 2 is 2.02 bits per heavy atom. The molecule has 3 aliphatic carbocycles. The zero-order valence-electron chi connectivity index (χ0n) is 27.8. The Balaban J connectivity index is 1.12. The summed E-state index contributed by atoms with van der Waals surface area (Å²) in [4.78, 5) is 56.8. The number of rotatable bonds is 5. The fourth-order valence-electron chi connectivity index (χ4n) is 9.19. The van der Waals surface area contributed by atoms with Gasteiger partial charge in [0.1, 0.15) is 12.9 Å². The second-order valence-corrected chi connectivity index (χ2v) is 14.6. The van der Waals surface area contributed by atoms with E-state index < -0.39 is 23.1 Å². The number of ether oxygens (including phenoxy) is 1. The van der Waals surface area contributed by atoms with Crippen molar-refractivity contribution in [2.75, 3.05) is 25.1 Å². The van der Waals surface area contributed by atoms with Gasteiger partial charge in [-0.25, -0.2) is 9.97 Å². The van der Waals surface area contributed by atoms with E-state index in [2.05, 4.69) is 20.4 Å². The number of aromatic nitrogens is 6. The number of piperidine rings is 1. The zero-order valence-corrected chi connectivity index (χ0v) is 28.5. The summed E-state index contributed by atoms with van der Waals surface area (Å²) in [5, 5.41) is 17.7. The minimum atomic E-state index is -4.60. The van der Waals surface area contributed by atoms with Crippen LogP contribution in [0.1, 0.15) is 76.8 Å². The molecule has 1 saturated heterocycles. The van der Waals surface area contributed by atoms with Gasteiger partial charge in [-0.1, -0.05) is 17.7 Å². The molecule has 5 heterocycles. The minimum Gasteiger partial charge on any atom is -0.504 e. The maximum Gasteiger partial charge on any atom is 0.416 e. The Kier molecular flexibility index (Phi) is 7.36. The SMILES string of the molecule is Cc1ncnc(C(=O)N2CC[C@]3(c4c(n(CC(=O)Nc5ccc(C(F)(F)F)cc5Cl)c5nc(C6=CCOCC6)nn5c4=O)[C@@H]4C[C@@H]43)[C@H]3CC[C@H]32)c1O. The quantitative estimate of drug-likeness (QED) is 0.302. The first-order valence-electron chi connectivity index (χ1n) is 17.2. The molecule has 5 aliphatic rings. The molecule has 0 unspecified atom stereocenters. The highest BCUT2D eigenvalue weighted by atomic mass is 35.5. The molecule has 1 aromatic carbocycles. The predicted molar refractivity (Wildman–Crippen MR) is 179 cm³/mol. The number of likely N-dealkylation sites (tertiary alicyclic amines) is 1. The molecule has 5 atom stereocenters. The molecule has 13 nitrogen and oxygen atoms in total. The van der Waals surface area contributed by atoms with Crippen molar-refractivity contribution in [2.45, 2.75) is 69.1 Å². The van der Waals surface area contributed by atoms with E-state index in [9.17, 15) is 32.7 Å². The summed E-state index contributed by atoms with van der Waals surface area (Å²) < 4.78 is 48.3. The molecule has 2 aliphatic heterocycles. The highest BCUT2D eigenvalue weighted by molar-refractivity contribution is 6.33. The van der Waals surface area contributed by atoms with Crippen molar-refractivity contribution in [1.82, 2.24) is 34.0 Å². The molecule has 2 amide bonds. The van der Waals surface area contributed by atoms with Gasteiger partial charge in [0.05, 0.1) is 35.2 Å². The molecule has 3 fully saturated rings. The van der Waals surface area contributed by atoms with Gasteiger partial charge < -0.3 is 24.6 Å². The van der Waals surface area contributed by atoms with E-state index in [1.165, 1.54) is 10.8 Å². The van der Waals surface area contributed by atoms with Gasteiger partial charge in [-0.3, -0.25) is 14.4 Å². The molecule has 52 heavy (non-hydrogen) atoms. The van der Waals surface area contributed by atoms with Crippen LogP contribution in [0.15, 0.2) is 35.4 Å². The van der Waals surface area contributed by atoms with Crippen molar-refractivity contribution in [2.24, 2.45) is 11.8 Å². The summed E-state index contributed by atoms with van der Waals surface area (Å²) in [6, 6.07) is 2.54. The van der Waals surface area contributed by atoms with Gasteiger partial charge in [0.15, 0.2) is 17.3 Å². The van der Waals surface area contributed by atoms with Crippen molar-refractivity contribution in [3.8, 4) is 5.75 Å². The summed E-state index contributed by atoms with van der Waals surface area (Å²) in [6.45, 7) is 2.49. The number of benzene rings is 1. The minimum absolute atomic E-state index is 0.0166. The van der Waals surface area contributed by atoms with Gasteiger partial charge in [-0.2, -0.15) is 22.7 Å². The van der Waals surface area contributed by atoms with Crippen LogP contribution >= 0.6 is 11.6 Å². The number of aryl methyl sites for hydroxylation is 1. The Morgan fingerprint density at radius 3 is 2.73 bits per heavy atom. The fourth-order valence-corrected chi connectivity index (χ4v) is 9.42. The van der Waals surface area contributed by atoms with Crippen molar-refractivity contribution >= 4 is 40.5 Å². The lowest BCUT2D eigenvalue weighted by Gasteiger charge is -2.58. The van der Waals surface area contributed by atoms with Gasteiger partial charge in [0, 0.05) is 35.2 Å². The van der Waals surface area contributed by atoms with Crippen LogP contribution in [0.3, 0.4) is 0 Å². The van der Waals surface area contributed by atoms with Crippen LogP contribution in [0.25, 0.3) is 11.4 Å². The molecule has 270 valence electrons. The molecular formula is C35H32ClF3N8O5. The van der Waals surface area contributed by atoms with Crippen LogP contribution in [-0.4, -0.2) is 76.8 Å². The van der Waals surface area contributed by atoms with Crippen LogP contribution in [-0.2, 0) is 27.7 Å². The summed E-state index contributed by atoms with van der Waals surface area (Å²) in [5.41, 5.74) is 0.565. The highest BCUT2D eigenvalue weighted by Gasteiger charge is 2.70. The van der Waals surface area contributed by atoms with Gasteiger partial charge in [0.2, 0.25) is 11.7 Å². The summed E-state index contributed by atoms with van der Waals surface area (Å²) in [7, 11) is 0.